The van der Waals surface area contributed by atoms with Gasteiger partial charge in [0.2, 0.25) is 0 Å². The SMILES string of the molecule is N#Cc1ccc(Sc2nc3ccccc3s2)c([N+](=O)[O-])c1. The van der Waals surface area contributed by atoms with Crippen LogP contribution in [0.5, 0.6) is 0 Å². The first kappa shape index (κ1) is 13.5. The number of benzene rings is 2. The van der Waals surface area contributed by atoms with E-state index in [1.165, 1.54) is 29.2 Å². The molecule has 0 saturated carbocycles. The standard InChI is InChI=1S/C14H7N3O2S2/c15-8-9-5-6-13(11(7-9)17(18)19)21-14-16-10-3-1-2-4-12(10)20-14/h1-7H. The summed E-state index contributed by atoms with van der Waals surface area (Å²) in [5, 5.41) is 19.9. The molecule has 0 N–H and O–H groups in total. The molecule has 21 heavy (non-hydrogen) atoms. The van der Waals surface area contributed by atoms with E-state index in [0.717, 1.165) is 14.6 Å². The number of nitriles is 1. The van der Waals surface area contributed by atoms with Gasteiger partial charge in [-0.1, -0.05) is 23.9 Å². The first-order chi connectivity index (χ1) is 10.2. The number of nitrogens with zero attached hydrogens (tertiary/aromatic N) is 3. The molecule has 1 aromatic heterocycles. The van der Waals surface area contributed by atoms with Crippen LogP contribution in [0, 0.1) is 21.4 Å². The van der Waals surface area contributed by atoms with Gasteiger partial charge in [0, 0.05) is 6.07 Å². The number of fused-ring (bicyclic) bond motifs is 1. The van der Waals surface area contributed by atoms with Gasteiger partial charge < -0.3 is 0 Å². The number of para-hydroxylation sites is 1. The minimum atomic E-state index is -0.476. The van der Waals surface area contributed by atoms with Crippen LogP contribution in [0.3, 0.4) is 0 Å². The Hall–Kier alpha value is -2.43. The summed E-state index contributed by atoms with van der Waals surface area (Å²) in [6, 6.07) is 14.1. The van der Waals surface area contributed by atoms with Gasteiger partial charge in [-0.15, -0.1) is 11.3 Å². The Morgan fingerprint density at radius 2 is 2.10 bits per heavy atom. The van der Waals surface area contributed by atoms with E-state index in [1.807, 2.05) is 30.3 Å². The summed E-state index contributed by atoms with van der Waals surface area (Å²) in [6.45, 7) is 0. The molecule has 0 radical (unpaired) electrons. The Labute approximate surface area is 128 Å². The summed E-state index contributed by atoms with van der Waals surface area (Å²) in [5.74, 6) is 0. The first-order valence-corrected chi connectivity index (χ1v) is 7.52. The maximum atomic E-state index is 11.1. The molecule has 0 unspecified atom stereocenters. The van der Waals surface area contributed by atoms with E-state index < -0.39 is 4.92 Å². The van der Waals surface area contributed by atoms with Crippen LogP contribution in [0.15, 0.2) is 51.7 Å². The molecule has 0 atom stereocenters. The Kier molecular flexibility index (Phi) is 3.56. The fourth-order valence-electron chi connectivity index (χ4n) is 1.80. The molecular formula is C14H7N3O2S2. The lowest BCUT2D eigenvalue weighted by atomic mass is 10.2. The minimum absolute atomic E-state index is 0.0710. The Bertz CT molecular complexity index is 850. The Morgan fingerprint density at radius 3 is 2.81 bits per heavy atom. The highest BCUT2D eigenvalue weighted by atomic mass is 32.2. The van der Waals surface area contributed by atoms with Crippen molar-refractivity contribution in [3.05, 3.63) is 58.1 Å². The van der Waals surface area contributed by atoms with Gasteiger partial charge in [0.05, 0.1) is 31.7 Å². The van der Waals surface area contributed by atoms with Gasteiger partial charge in [0.25, 0.3) is 5.69 Å². The highest BCUT2D eigenvalue weighted by Crippen LogP contribution is 2.38. The number of aromatic nitrogens is 1. The van der Waals surface area contributed by atoms with Gasteiger partial charge in [-0.2, -0.15) is 5.26 Å². The zero-order valence-corrected chi connectivity index (χ0v) is 12.1. The van der Waals surface area contributed by atoms with Crippen molar-refractivity contribution < 1.29 is 4.92 Å². The van der Waals surface area contributed by atoms with E-state index in [-0.39, 0.29) is 11.3 Å². The summed E-state index contributed by atoms with van der Waals surface area (Å²) < 4.78 is 1.78. The van der Waals surface area contributed by atoms with Crippen molar-refractivity contribution in [1.82, 2.24) is 4.98 Å². The van der Waals surface area contributed by atoms with E-state index in [0.29, 0.717) is 4.90 Å². The highest BCUT2D eigenvalue weighted by Gasteiger charge is 2.17. The summed E-state index contributed by atoms with van der Waals surface area (Å²) >= 11 is 2.73. The van der Waals surface area contributed by atoms with Crippen LogP contribution in [-0.4, -0.2) is 9.91 Å². The summed E-state index contributed by atoms with van der Waals surface area (Å²) in [6.07, 6.45) is 0. The molecule has 3 rings (SSSR count). The lowest BCUT2D eigenvalue weighted by Gasteiger charge is -2.00. The van der Waals surface area contributed by atoms with E-state index in [9.17, 15) is 10.1 Å². The van der Waals surface area contributed by atoms with Crippen molar-refractivity contribution in [3.8, 4) is 6.07 Å². The topological polar surface area (TPSA) is 79.8 Å². The lowest BCUT2D eigenvalue weighted by Crippen LogP contribution is -1.91. The third-order valence-corrected chi connectivity index (χ3v) is 4.92. The second-order valence-corrected chi connectivity index (χ2v) is 6.42. The number of rotatable bonds is 3. The molecular weight excluding hydrogens is 306 g/mol. The monoisotopic (exact) mass is 313 g/mol. The van der Waals surface area contributed by atoms with Gasteiger partial charge in [-0.05, 0) is 24.3 Å². The van der Waals surface area contributed by atoms with Crippen molar-refractivity contribution in [1.29, 1.82) is 5.26 Å². The summed E-state index contributed by atoms with van der Waals surface area (Å²) in [7, 11) is 0. The quantitative estimate of drug-likeness (QED) is 0.534. The van der Waals surface area contributed by atoms with Crippen LogP contribution in [-0.2, 0) is 0 Å². The molecule has 0 aliphatic heterocycles. The minimum Gasteiger partial charge on any atom is -0.258 e. The van der Waals surface area contributed by atoms with E-state index in [1.54, 1.807) is 12.1 Å². The van der Waals surface area contributed by atoms with Crippen LogP contribution in [0.1, 0.15) is 5.56 Å². The van der Waals surface area contributed by atoms with Crippen LogP contribution in [0.25, 0.3) is 10.2 Å². The first-order valence-electron chi connectivity index (χ1n) is 5.89. The largest absolute Gasteiger partial charge is 0.284 e. The van der Waals surface area contributed by atoms with Crippen molar-refractivity contribution in [2.75, 3.05) is 0 Å². The van der Waals surface area contributed by atoms with Crippen LogP contribution < -0.4 is 0 Å². The van der Waals surface area contributed by atoms with Gasteiger partial charge in [0.15, 0.2) is 4.34 Å². The highest BCUT2D eigenvalue weighted by molar-refractivity contribution is 8.01. The van der Waals surface area contributed by atoms with Crippen molar-refractivity contribution in [2.45, 2.75) is 9.24 Å². The molecule has 102 valence electrons. The predicted octanol–water partition coefficient (Wildman–Crippen LogP) is 4.23. The second-order valence-electron chi connectivity index (χ2n) is 4.10. The van der Waals surface area contributed by atoms with Gasteiger partial charge >= 0.3 is 0 Å². The molecule has 0 spiro atoms. The Balaban J connectivity index is 2.01. The third kappa shape index (κ3) is 2.72. The number of nitro groups is 1. The third-order valence-electron chi connectivity index (χ3n) is 2.76. The molecule has 0 bridgehead atoms. The molecule has 1 heterocycles. The molecule has 0 fully saturated rings. The maximum absolute atomic E-state index is 11.1. The summed E-state index contributed by atoms with van der Waals surface area (Å²) in [5.41, 5.74) is 1.08. The van der Waals surface area contributed by atoms with Gasteiger partial charge in [0.1, 0.15) is 0 Å². The van der Waals surface area contributed by atoms with E-state index >= 15 is 0 Å². The average molecular weight is 313 g/mol. The fourth-order valence-corrected chi connectivity index (χ4v) is 3.91. The lowest BCUT2D eigenvalue weighted by molar-refractivity contribution is -0.387. The molecule has 0 amide bonds. The number of nitro benzene ring substituents is 1. The molecule has 3 aromatic rings. The zero-order chi connectivity index (χ0) is 14.8. The molecule has 0 aliphatic rings. The number of thiazole rings is 1. The molecule has 2 aromatic carbocycles. The average Bonchev–Trinajstić information content (AvgIpc) is 2.89. The second kappa shape index (κ2) is 5.52. The predicted molar refractivity (Wildman–Crippen MR) is 81.6 cm³/mol. The van der Waals surface area contributed by atoms with Gasteiger partial charge in [-0.3, -0.25) is 10.1 Å². The van der Waals surface area contributed by atoms with E-state index in [2.05, 4.69) is 4.98 Å². The van der Waals surface area contributed by atoms with Crippen molar-refractivity contribution >= 4 is 39.0 Å². The van der Waals surface area contributed by atoms with Crippen molar-refractivity contribution in [2.24, 2.45) is 0 Å². The maximum Gasteiger partial charge on any atom is 0.284 e. The van der Waals surface area contributed by atoms with Crippen LogP contribution >= 0.6 is 23.1 Å². The smallest absolute Gasteiger partial charge is 0.258 e. The molecule has 5 nitrogen and oxygen atoms in total. The zero-order valence-electron chi connectivity index (χ0n) is 10.5. The Morgan fingerprint density at radius 1 is 1.29 bits per heavy atom. The molecule has 0 saturated heterocycles. The number of hydrogen-bond donors (Lipinski definition) is 0. The molecule has 7 heteroatoms. The van der Waals surface area contributed by atoms with Gasteiger partial charge in [-0.25, -0.2) is 4.98 Å². The fraction of sp³-hybridized carbons (Fsp3) is 0. The normalized spacial score (nSPS) is 10.4. The van der Waals surface area contributed by atoms with Crippen molar-refractivity contribution in [3.63, 3.8) is 0 Å². The van der Waals surface area contributed by atoms with Crippen LogP contribution in [0.4, 0.5) is 5.69 Å². The van der Waals surface area contributed by atoms with E-state index in [4.69, 9.17) is 5.26 Å². The van der Waals surface area contributed by atoms with Crippen LogP contribution in [0.2, 0.25) is 0 Å². The molecule has 0 aliphatic carbocycles. The number of hydrogen-bond acceptors (Lipinski definition) is 6. The summed E-state index contributed by atoms with van der Waals surface area (Å²) in [4.78, 5) is 15.6.